The average Bonchev–Trinajstić information content (AvgIpc) is 2.33. The zero-order valence-electron chi connectivity index (χ0n) is 11.4. The van der Waals surface area contributed by atoms with E-state index < -0.39 is 17.5 Å². The van der Waals surface area contributed by atoms with Crippen molar-refractivity contribution in [2.24, 2.45) is 5.92 Å². The number of hydrogen-bond donors (Lipinski definition) is 0. The molecule has 1 aromatic carbocycles. The molecule has 0 amide bonds. The second kappa shape index (κ2) is 6.44. The minimum absolute atomic E-state index is 0.209. The van der Waals surface area contributed by atoms with Crippen molar-refractivity contribution in [3.8, 4) is 0 Å². The van der Waals surface area contributed by atoms with Crippen LogP contribution in [0, 0.1) is 23.4 Å². The summed E-state index contributed by atoms with van der Waals surface area (Å²) in [5.41, 5.74) is 0.612. The Kier molecular flexibility index (Phi) is 4.89. The normalized spacial score (nSPS) is 22.3. The van der Waals surface area contributed by atoms with E-state index in [1.54, 1.807) is 0 Å². The van der Waals surface area contributed by atoms with Crippen molar-refractivity contribution in [1.82, 2.24) is 0 Å². The Morgan fingerprint density at radius 3 is 2.21 bits per heavy atom. The third kappa shape index (κ3) is 3.52. The topological polar surface area (TPSA) is 0 Å². The smallest absolute Gasteiger partial charge is 0.194 e. The minimum atomic E-state index is -1.36. The molecule has 1 aromatic rings. The monoisotopic (exact) mass is 270 g/mol. The van der Waals surface area contributed by atoms with Gasteiger partial charge in [0.05, 0.1) is 0 Å². The molecule has 2 rings (SSSR count). The molecule has 106 valence electrons. The molecule has 0 heterocycles. The molecular weight excluding hydrogens is 249 g/mol. The molecule has 1 aliphatic carbocycles. The molecule has 0 radical (unpaired) electrons. The average molecular weight is 270 g/mol. The fourth-order valence-electron chi connectivity index (χ4n) is 2.91. The van der Waals surface area contributed by atoms with Crippen molar-refractivity contribution in [2.75, 3.05) is 0 Å². The third-order valence-electron chi connectivity index (χ3n) is 4.18. The van der Waals surface area contributed by atoms with Gasteiger partial charge in [0, 0.05) is 0 Å². The van der Waals surface area contributed by atoms with Gasteiger partial charge in [-0.1, -0.05) is 39.0 Å². The number of rotatable bonds is 6. The molecule has 0 N–H and O–H groups in total. The molecule has 3 heteroatoms. The molecule has 0 bridgehead atoms. The second-order valence-electron chi connectivity index (χ2n) is 5.68. The maximum atomic E-state index is 13.1. The van der Waals surface area contributed by atoms with Crippen LogP contribution in [-0.4, -0.2) is 0 Å². The SMILES string of the molecule is CCCCCCC1CC(c2cc(F)c(F)c(F)c2)C1. The molecule has 0 aromatic heterocycles. The van der Waals surface area contributed by atoms with Gasteiger partial charge in [0.1, 0.15) is 0 Å². The first-order chi connectivity index (χ1) is 9.11. The molecule has 0 saturated heterocycles. The van der Waals surface area contributed by atoms with E-state index in [1.807, 2.05) is 0 Å². The van der Waals surface area contributed by atoms with Crippen LogP contribution in [0.5, 0.6) is 0 Å². The number of unbranched alkanes of at least 4 members (excludes halogenated alkanes) is 3. The van der Waals surface area contributed by atoms with Gasteiger partial charge in [-0.05, 0) is 42.4 Å². The highest BCUT2D eigenvalue weighted by Crippen LogP contribution is 2.44. The molecule has 0 spiro atoms. The third-order valence-corrected chi connectivity index (χ3v) is 4.18. The first-order valence-corrected chi connectivity index (χ1v) is 7.26. The summed E-state index contributed by atoms with van der Waals surface area (Å²) >= 11 is 0. The lowest BCUT2D eigenvalue weighted by Gasteiger charge is -2.36. The summed E-state index contributed by atoms with van der Waals surface area (Å²) in [5.74, 6) is -2.61. The zero-order valence-corrected chi connectivity index (χ0v) is 11.4. The highest BCUT2D eigenvalue weighted by molar-refractivity contribution is 5.25. The summed E-state index contributed by atoms with van der Waals surface area (Å²) in [5, 5.41) is 0. The largest absolute Gasteiger partial charge is 0.204 e. The van der Waals surface area contributed by atoms with Crippen molar-refractivity contribution >= 4 is 0 Å². The highest BCUT2D eigenvalue weighted by atomic mass is 19.2. The summed E-state index contributed by atoms with van der Waals surface area (Å²) in [6.45, 7) is 2.19. The van der Waals surface area contributed by atoms with E-state index in [0.29, 0.717) is 11.5 Å². The lowest BCUT2D eigenvalue weighted by molar-refractivity contribution is 0.240. The van der Waals surface area contributed by atoms with E-state index >= 15 is 0 Å². The molecular formula is C16H21F3. The van der Waals surface area contributed by atoms with Gasteiger partial charge in [0.15, 0.2) is 17.5 Å². The standard InChI is InChI=1S/C16H21F3/c1-2-3-4-5-6-11-7-12(8-11)13-9-14(17)16(19)15(18)10-13/h9-12H,2-8H2,1H3. The van der Waals surface area contributed by atoms with E-state index in [-0.39, 0.29) is 5.92 Å². The van der Waals surface area contributed by atoms with Crippen LogP contribution in [0.2, 0.25) is 0 Å². The Labute approximate surface area is 113 Å². The lowest BCUT2D eigenvalue weighted by Crippen LogP contribution is -2.22. The van der Waals surface area contributed by atoms with Crippen LogP contribution < -0.4 is 0 Å². The van der Waals surface area contributed by atoms with Crippen molar-refractivity contribution in [3.63, 3.8) is 0 Å². The van der Waals surface area contributed by atoms with Gasteiger partial charge in [0.25, 0.3) is 0 Å². The predicted octanol–water partition coefficient (Wildman–Crippen LogP) is 5.57. The van der Waals surface area contributed by atoms with Gasteiger partial charge in [-0.25, -0.2) is 13.2 Å². The van der Waals surface area contributed by atoms with Gasteiger partial charge in [0.2, 0.25) is 0 Å². The molecule has 1 aliphatic rings. The molecule has 1 fully saturated rings. The summed E-state index contributed by atoms with van der Waals surface area (Å²) in [4.78, 5) is 0. The number of hydrogen-bond acceptors (Lipinski definition) is 0. The highest BCUT2D eigenvalue weighted by Gasteiger charge is 2.30. The van der Waals surface area contributed by atoms with Gasteiger partial charge < -0.3 is 0 Å². The first-order valence-electron chi connectivity index (χ1n) is 7.26. The lowest BCUT2D eigenvalue weighted by atomic mass is 9.69. The van der Waals surface area contributed by atoms with Crippen molar-refractivity contribution < 1.29 is 13.2 Å². The molecule has 0 unspecified atom stereocenters. The molecule has 0 atom stereocenters. The fraction of sp³-hybridized carbons (Fsp3) is 0.625. The van der Waals surface area contributed by atoms with Crippen LogP contribution in [-0.2, 0) is 0 Å². The summed E-state index contributed by atoms with van der Waals surface area (Å²) < 4.78 is 39.1. The molecule has 19 heavy (non-hydrogen) atoms. The van der Waals surface area contributed by atoms with Gasteiger partial charge in [-0.2, -0.15) is 0 Å². The van der Waals surface area contributed by atoms with Gasteiger partial charge in [-0.15, -0.1) is 0 Å². The Balaban J connectivity index is 1.80. The number of halogens is 3. The van der Waals surface area contributed by atoms with E-state index in [2.05, 4.69) is 6.92 Å². The Morgan fingerprint density at radius 1 is 1.00 bits per heavy atom. The van der Waals surface area contributed by atoms with E-state index in [0.717, 1.165) is 25.0 Å². The van der Waals surface area contributed by atoms with Crippen LogP contribution >= 0.6 is 0 Å². The quantitative estimate of drug-likeness (QED) is 0.468. The van der Waals surface area contributed by atoms with Crippen LogP contribution in [0.15, 0.2) is 12.1 Å². The molecule has 0 aliphatic heterocycles. The second-order valence-corrected chi connectivity index (χ2v) is 5.68. The van der Waals surface area contributed by atoms with Crippen LogP contribution in [0.3, 0.4) is 0 Å². The van der Waals surface area contributed by atoms with Crippen molar-refractivity contribution in [2.45, 2.75) is 57.8 Å². The van der Waals surface area contributed by atoms with Crippen LogP contribution in [0.1, 0.15) is 63.4 Å². The maximum absolute atomic E-state index is 13.1. The summed E-state index contributed by atoms with van der Waals surface area (Å²) in [7, 11) is 0. The number of benzene rings is 1. The van der Waals surface area contributed by atoms with Crippen molar-refractivity contribution in [3.05, 3.63) is 35.1 Å². The molecule has 0 nitrogen and oxygen atoms in total. The zero-order chi connectivity index (χ0) is 13.8. The van der Waals surface area contributed by atoms with Crippen molar-refractivity contribution in [1.29, 1.82) is 0 Å². The maximum Gasteiger partial charge on any atom is 0.194 e. The Hall–Kier alpha value is -0.990. The van der Waals surface area contributed by atoms with Gasteiger partial charge in [-0.3, -0.25) is 0 Å². The molecule has 1 saturated carbocycles. The van der Waals surface area contributed by atoms with Crippen LogP contribution in [0.4, 0.5) is 13.2 Å². The van der Waals surface area contributed by atoms with Crippen LogP contribution in [0.25, 0.3) is 0 Å². The van der Waals surface area contributed by atoms with E-state index in [4.69, 9.17) is 0 Å². The Morgan fingerprint density at radius 2 is 1.63 bits per heavy atom. The Bertz CT molecular complexity index is 399. The first kappa shape index (κ1) is 14.4. The predicted molar refractivity (Wildman–Crippen MR) is 70.5 cm³/mol. The van der Waals surface area contributed by atoms with E-state index in [9.17, 15) is 13.2 Å². The minimum Gasteiger partial charge on any atom is -0.204 e. The van der Waals surface area contributed by atoms with E-state index in [1.165, 1.54) is 32.1 Å². The summed E-state index contributed by atoms with van der Waals surface area (Å²) in [6.07, 6.45) is 8.22. The van der Waals surface area contributed by atoms with Gasteiger partial charge >= 0.3 is 0 Å². The summed E-state index contributed by atoms with van der Waals surface area (Å²) in [6, 6.07) is 2.30. The fourth-order valence-corrected chi connectivity index (χ4v) is 2.91.